The first-order chi connectivity index (χ1) is 25.0. The molecule has 0 aliphatic carbocycles. The molecule has 1 unspecified atom stereocenters. The van der Waals surface area contributed by atoms with Gasteiger partial charge in [-0.3, -0.25) is 33.6 Å². The van der Waals surface area contributed by atoms with Crippen LogP contribution < -0.4 is 38.1 Å². The van der Waals surface area contributed by atoms with Crippen molar-refractivity contribution in [1.29, 1.82) is 0 Å². The molecule has 4 rings (SSSR count). The van der Waals surface area contributed by atoms with Gasteiger partial charge in [0.25, 0.3) is 0 Å². The number of thiazole rings is 1. The van der Waals surface area contributed by atoms with E-state index in [-0.39, 0.29) is 37.4 Å². The second-order valence-electron chi connectivity index (χ2n) is 14.0. The van der Waals surface area contributed by atoms with Crippen LogP contribution in [0.1, 0.15) is 50.9 Å². The second-order valence-corrected chi connectivity index (χ2v) is 15.9. The number of primary amides is 1. The van der Waals surface area contributed by atoms with Gasteiger partial charge in [0.2, 0.25) is 41.4 Å². The second kappa shape index (κ2) is 18.0. The Kier molecular flexibility index (Phi) is 13.9. The number of hydrogen-bond acceptors (Lipinski definition) is 12. The lowest BCUT2D eigenvalue weighted by molar-refractivity contribution is -0.144. The highest BCUT2D eigenvalue weighted by Crippen LogP contribution is 2.30. The fourth-order valence-corrected chi connectivity index (χ4v) is 7.57. The van der Waals surface area contributed by atoms with E-state index >= 15 is 0 Å². The van der Waals surface area contributed by atoms with E-state index in [1.54, 1.807) is 50.5 Å². The Balaban J connectivity index is 1.68. The topological polar surface area (TPSA) is 268 Å². The monoisotopic (exact) mass is 773 g/mol. The van der Waals surface area contributed by atoms with Gasteiger partial charge in [0, 0.05) is 19.5 Å². The molecule has 0 bridgehead atoms. The number of hydrogen-bond donors (Lipinski definition) is 8. The van der Waals surface area contributed by atoms with E-state index in [1.165, 1.54) is 16.2 Å². The van der Waals surface area contributed by atoms with Crippen LogP contribution in [-0.2, 0) is 33.6 Å². The van der Waals surface area contributed by atoms with E-state index in [9.17, 15) is 38.7 Å². The molecule has 2 aliphatic rings. The molecular formula is C34H47N9O8S2. The summed E-state index contributed by atoms with van der Waals surface area (Å²) in [6.07, 6.45) is -1.13. The molecule has 53 heavy (non-hydrogen) atoms. The Bertz CT molecular complexity index is 1700. The van der Waals surface area contributed by atoms with Crippen LogP contribution in [-0.4, -0.2) is 118 Å². The molecular weight excluding hydrogens is 727 g/mol. The van der Waals surface area contributed by atoms with E-state index in [2.05, 4.69) is 31.6 Å². The van der Waals surface area contributed by atoms with Gasteiger partial charge in [-0.15, -0.1) is 11.3 Å². The average molecular weight is 774 g/mol. The fraction of sp³-hybridized carbons (Fsp3) is 0.529. The fourth-order valence-electron chi connectivity index (χ4n) is 5.94. The summed E-state index contributed by atoms with van der Waals surface area (Å²) in [4.78, 5) is 99.3. The van der Waals surface area contributed by atoms with Crippen LogP contribution in [0.4, 0.5) is 0 Å². The van der Waals surface area contributed by atoms with Crippen LogP contribution in [0.2, 0.25) is 0 Å². The van der Waals surface area contributed by atoms with Crippen molar-refractivity contribution in [2.75, 3.05) is 31.1 Å². The Morgan fingerprint density at radius 2 is 1.68 bits per heavy atom. The molecule has 2 aromatic rings. The SMILES string of the molecule is Cc1ncsc1-c1ccc(C2NC(=O)[C@@H]3C[C@@H](O)CN3C(=O)[C@H](C(C)(C)C)NC(=O)CSCC[C@H](C(N)=O)NC(=O)[C@@H](CN)NC(=O)CNC2=O)cc1. The molecule has 1 aromatic carbocycles. The lowest BCUT2D eigenvalue weighted by Crippen LogP contribution is -2.58. The average Bonchev–Trinajstić information content (AvgIpc) is 3.72. The lowest BCUT2D eigenvalue weighted by Gasteiger charge is -2.35. The van der Waals surface area contributed by atoms with Crippen molar-refractivity contribution in [1.82, 2.24) is 36.5 Å². The van der Waals surface area contributed by atoms with Crippen molar-refractivity contribution >= 4 is 64.4 Å². The first-order valence-corrected chi connectivity index (χ1v) is 19.1. The van der Waals surface area contributed by atoms with Gasteiger partial charge in [0.15, 0.2) is 0 Å². The maximum absolute atomic E-state index is 14.1. The van der Waals surface area contributed by atoms with Crippen molar-refractivity contribution in [3.63, 3.8) is 0 Å². The molecule has 19 heteroatoms. The third-order valence-electron chi connectivity index (χ3n) is 8.84. The van der Waals surface area contributed by atoms with Crippen LogP contribution in [0.3, 0.4) is 0 Å². The molecule has 2 saturated heterocycles. The quantitative estimate of drug-likeness (QED) is 0.176. The number of aromatic nitrogens is 1. The summed E-state index contributed by atoms with van der Waals surface area (Å²) in [6.45, 7) is 5.97. The number of fused-ring (bicyclic) bond motifs is 1. The number of carbonyl (C=O) groups excluding carboxylic acids is 7. The molecule has 7 amide bonds. The minimum atomic E-state index is -1.36. The van der Waals surface area contributed by atoms with E-state index < -0.39 is 89.6 Å². The van der Waals surface area contributed by atoms with Gasteiger partial charge in [-0.25, -0.2) is 4.98 Å². The maximum Gasteiger partial charge on any atom is 0.247 e. The first kappa shape index (κ1) is 41.2. The zero-order valence-corrected chi connectivity index (χ0v) is 31.6. The number of nitrogens with one attached hydrogen (secondary N) is 5. The predicted molar refractivity (Wildman–Crippen MR) is 198 cm³/mol. The largest absolute Gasteiger partial charge is 0.391 e. The van der Waals surface area contributed by atoms with Gasteiger partial charge < -0.3 is 48.1 Å². The number of benzene rings is 1. The minimum absolute atomic E-state index is 0.0522. The van der Waals surface area contributed by atoms with Crippen molar-refractivity contribution in [2.45, 2.75) is 76.8 Å². The van der Waals surface area contributed by atoms with Crippen LogP contribution in [0.15, 0.2) is 29.8 Å². The molecule has 2 aliphatic heterocycles. The standard InChI is InChI=1S/C34H47N9O8S2/c1-17-27(53-16-38-17)19-7-5-18(6-8-19)26-32(50)37-13-24(45)39-22(12-35)30(48)40-21(29(36)47)9-10-52-15-25(46)41-28(34(2,3)4)33(51)43-14-20(44)11-23(43)31(49)42-26/h5-8,16,20-23,26,28,44H,9-15,35H2,1-4H3,(H2,36,47)(H,37,50)(H,39,45)(H,40,48)(H,41,46)(H,42,49)/t20-,21-,22-,23+,26?,28-/m1/s1. The van der Waals surface area contributed by atoms with Crippen molar-refractivity contribution < 1.29 is 38.7 Å². The zero-order valence-electron chi connectivity index (χ0n) is 30.0. The molecule has 6 atom stereocenters. The van der Waals surface area contributed by atoms with Gasteiger partial charge in [-0.05, 0) is 35.6 Å². The molecule has 0 radical (unpaired) electrons. The molecule has 10 N–H and O–H groups in total. The van der Waals surface area contributed by atoms with Crippen molar-refractivity contribution in [2.24, 2.45) is 16.9 Å². The normalized spacial score (nSPS) is 26.2. The number of nitrogens with zero attached hydrogens (tertiary/aromatic N) is 2. The molecule has 0 saturated carbocycles. The third-order valence-corrected chi connectivity index (χ3v) is 10.8. The van der Waals surface area contributed by atoms with Gasteiger partial charge in [-0.2, -0.15) is 11.8 Å². The Morgan fingerprint density at radius 1 is 0.981 bits per heavy atom. The number of rotatable bonds is 4. The van der Waals surface area contributed by atoms with E-state index in [0.29, 0.717) is 5.56 Å². The smallest absolute Gasteiger partial charge is 0.247 e. The van der Waals surface area contributed by atoms with Crippen LogP contribution in [0.25, 0.3) is 10.4 Å². The van der Waals surface area contributed by atoms with Gasteiger partial charge in [0.1, 0.15) is 30.2 Å². The van der Waals surface area contributed by atoms with E-state index in [1.807, 2.05) is 6.92 Å². The molecule has 3 heterocycles. The summed E-state index contributed by atoms with van der Waals surface area (Å²) in [6, 6.07) is 0.737. The number of nitrogens with two attached hydrogens (primary N) is 2. The Hall–Kier alpha value is -4.59. The van der Waals surface area contributed by atoms with E-state index in [4.69, 9.17) is 11.5 Å². The number of aliphatic hydroxyl groups is 1. The summed E-state index contributed by atoms with van der Waals surface area (Å²) in [5, 5.41) is 23.5. The minimum Gasteiger partial charge on any atom is -0.391 e. The Morgan fingerprint density at radius 3 is 2.28 bits per heavy atom. The molecule has 288 valence electrons. The lowest BCUT2D eigenvalue weighted by atomic mass is 9.85. The number of thioether (sulfide) groups is 1. The third kappa shape index (κ3) is 10.7. The summed E-state index contributed by atoms with van der Waals surface area (Å²) in [5.41, 5.74) is 14.1. The zero-order chi connectivity index (χ0) is 39.0. The Labute approximate surface area is 315 Å². The number of aliphatic hydroxyl groups excluding tert-OH is 1. The maximum atomic E-state index is 14.1. The molecule has 1 aromatic heterocycles. The van der Waals surface area contributed by atoms with Crippen LogP contribution in [0.5, 0.6) is 0 Å². The highest BCUT2D eigenvalue weighted by molar-refractivity contribution is 7.99. The van der Waals surface area contributed by atoms with Crippen molar-refractivity contribution in [3.8, 4) is 10.4 Å². The van der Waals surface area contributed by atoms with Gasteiger partial charge in [0.05, 0.1) is 34.5 Å². The summed E-state index contributed by atoms with van der Waals surface area (Å²) in [7, 11) is 0. The van der Waals surface area contributed by atoms with Crippen LogP contribution >= 0.6 is 23.1 Å². The number of carbonyl (C=O) groups is 7. The molecule has 17 nitrogen and oxygen atoms in total. The summed E-state index contributed by atoms with van der Waals surface area (Å²) >= 11 is 2.58. The number of amides is 7. The van der Waals surface area contributed by atoms with Crippen LogP contribution in [0, 0.1) is 12.3 Å². The summed E-state index contributed by atoms with van der Waals surface area (Å²) in [5.74, 6) is -4.90. The highest BCUT2D eigenvalue weighted by Gasteiger charge is 2.45. The van der Waals surface area contributed by atoms with Crippen molar-refractivity contribution in [3.05, 3.63) is 41.0 Å². The van der Waals surface area contributed by atoms with E-state index in [0.717, 1.165) is 27.9 Å². The molecule has 0 spiro atoms. The predicted octanol–water partition coefficient (Wildman–Crippen LogP) is -1.56. The highest BCUT2D eigenvalue weighted by atomic mass is 32.2. The van der Waals surface area contributed by atoms with Gasteiger partial charge in [-0.1, -0.05) is 45.0 Å². The molecule has 2 fully saturated rings. The first-order valence-electron chi connectivity index (χ1n) is 17.0. The van der Waals surface area contributed by atoms with Gasteiger partial charge >= 0.3 is 0 Å². The summed E-state index contributed by atoms with van der Waals surface area (Å²) < 4.78 is 0. The number of aryl methyl sites for hydroxylation is 1.